The predicted octanol–water partition coefficient (Wildman–Crippen LogP) is 3.17. The first-order valence-corrected chi connectivity index (χ1v) is 7.09. The van der Waals surface area contributed by atoms with Gasteiger partial charge in [-0.25, -0.2) is 9.82 Å². The van der Waals surface area contributed by atoms with E-state index in [2.05, 4.69) is 15.8 Å². The maximum atomic E-state index is 12.8. The van der Waals surface area contributed by atoms with Crippen molar-refractivity contribution in [1.29, 1.82) is 0 Å². The summed E-state index contributed by atoms with van der Waals surface area (Å²) >= 11 is 0. The van der Waals surface area contributed by atoms with E-state index in [0.29, 0.717) is 12.0 Å². The number of hydrogen-bond donors (Lipinski definition) is 2. The second-order valence-electron chi connectivity index (χ2n) is 4.76. The Kier molecular flexibility index (Phi) is 5.65. The summed E-state index contributed by atoms with van der Waals surface area (Å²) in [4.78, 5) is 12.1. The molecule has 1 amide bonds. The molecule has 0 heterocycles. The van der Waals surface area contributed by atoms with Crippen molar-refractivity contribution in [2.45, 2.75) is 19.4 Å². The van der Waals surface area contributed by atoms with Gasteiger partial charge in [0.1, 0.15) is 11.9 Å². The predicted molar refractivity (Wildman–Crippen MR) is 86.3 cm³/mol. The fourth-order valence-corrected chi connectivity index (χ4v) is 1.89. The smallest absolute Gasteiger partial charge is 0.262 e. The quantitative estimate of drug-likeness (QED) is 0.636. The lowest BCUT2D eigenvalue weighted by Gasteiger charge is -2.16. The minimum Gasteiger partial charge on any atom is -0.374 e. The van der Waals surface area contributed by atoms with E-state index in [4.69, 9.17) is 0 Å². The van der Waals surface area contributed by atoms with Crippen LogP contribution in [0.3, 0.4) is 0 Å². The number of carbonyl (C=O) groups is 1. The van der Waals surface area contributed by atoms with Crippen molar-refractivity contribution in [1.82, 2.24) is 5.43 Å². The van der Waals surface area contributed by atoms with Crippen LogP contribution in [0.2, 0.25) is 0 Å². The molecule has 0 bridgehead atoms. The van der Waals surface area contributed by atoms with Gasteiger partial charge >= 0.3 is 0 Å². The monoisotopic (exact) mass is 299 g/mol. The maximum Gasteiger partial charge on any atom is 0.262 e. The fourth-order valence-electron chi connectivity index (χ4n) is 1.89. The van der Waals surface area contributed by atoms with Crippen LogP contribution in [0.5, 0.6) is 0 Å². The minimum atomic E-state index is -0.368. The highest BCUT2D eigenvalue weighted by atomic mass is 19.1. The molecule has 0 aliphatic rings. The van der Waals surface area contributed by atoms with Gasteiger partial charge in [-0.3, -0.25) is 4.79 Å². The Balaban J connectivity index is 1.90. The van der Waals surface area contributed by atoms with Gasteiger partial charge in [-0.05, 0) is 36.2 Å². The van der Waals surface area contributed by atoms with E-state index in [-0.39, 0.29) is 17.8 Å². The number of nitrogens with one attached hydrogen (secondary N) is 2. The molecule has 0 saturated heterocycles. The summed E-state index contributed by atoms with van der Waals surface area (Å²) in [7, 11) is 0. The number of anilines is 1. The van der Waals surface area contributed by atoms with Gasteiger partial charge in [-0.15, -0.1) is 0 Å². The highest BCUT2D eigenvalue weighted by Gasteiger charge is 2.15. The van der Waals surface area contributed by atoms with Crippen LogP contribution >= 0.6 is 0 Å². The van der Waals surface area contributed by atoms with Crippen molar-refractivity contribution in [2.24, 2.45) is 5.10 Å². The number of para-hydroxylation sites is 1. The average Bonchev–Trinajstić information content (AvgIpc) is 2.55. The van der Waals surface area contributed by atoms with Crippen LogP contribution in [0, 0.1) is 5.82 Å². The van der Waals surface area contributed by atoms with E-state index >= 15 is 0 Å². The number of carbonyl (C=O) groups excluding carboxylic acids is 1. The second-order valence-corrected chi connectivity index (χ2v) is 4.76. The van der Waals surface area contributed by atoms with Crippen molar-refractivity contribution in [3.63, 3.8) is 0 Å². The van der Waals surface area contributed by atoms with Gasteiger partial charge < -0.3 is 5.32 Å². The SMILES string of the molecule is CC[C@H](Nc1ccccc1)C(=O)N/N=C\c1ccc(F)cc1. The van der Waals surface area contributed by atoms with Crippen molar-refractivity contribution >= 4 is 17.8 Å². The summed E-state index contributed by atoms with van der Waals surface area (Å²) in [6.45, 7) is 1.92. The van der Waals surface area contributed by atoms with Crippen molar-refractivity contribution in [3.8, 4) is 0 Å². The number of amides is 1. The third kappa shape index (κ3) is 4.70. The maximum absolute atomic E-state index is 12.8. The molecule has 2 aromatic rings. The van der Waals surface area contributed by atoms with Gasteiger partial charge in [0.25, 0.3) is 5.91 Å². The molecule has 4 nitrogen and oxygen atoms in total. The molecule has 0 spiro atoms. The molecule has 1 atom stereocenters. The zero-order chi connectivity index (χ0) is 15.8. The molecule has 0 aromatic heterocycles. The summed E-state index contributed by atoms with van der Waals surface area (Å²) in [5.41, 5.74) is 4.09. The number of halogens is 1. The average molecular weight is 299 g/mol. The first kappa shape index (κ1) is 15.7. The van der Waals surface area contributed by atoms with Gasteiger partial charge in [0.05, 0.1) is 6.21 Å². The van der Waals surface area contributed by atoms with Crippen LogP contribution in [0.1, 0.15) is 18.9 Å². The van der Waals surface area contributed by atoms with Gasteiger partial charge in [-0.2, -0.15) is 5.10 Å². The molecule has 2 rings (SSSR count). The third-order valence-corrected chi connectivity index (χ3v) is 3.10. The van der Waals surface area contributed by atoms with Crippen LogP contribution in [-0.4, -0.2) is 18.2 Å². The Morgan fingerprint density at radius 2 is 1.86 bits per heavy atom. The second kappa shape index (κ2) is 7.93. The lowest BCUT2D eigenvalue weighted by Crippen LogP contribution is -2.36. The summed E-state index contributed by atoms with van der Waals surface area (Å²) in [6.07, 6.45) is 2.11. The number of hydrazone groups is 1. The number of hydrogen-bond acceptors (Lipinski definition) is 3. The highest BCUT2D eigenvalue weighted by Crippen LogP contribution is 2.09. The molecule has 114 valence electrons. The van der Waals surface area contributed by atoms with E-state index in [1.807, 2.05) is 37.3 Å². The first-order valence-electron chi connectivity index (χ1n) is 7.09. The zero-order valence-electron chi connectivity index (χ0n) is 12.3. The molecule has 0 radical (unpaired) electrons. The van der Waals surface area contributed by atoms with E-state index in [9.17, 15) is 9.18 Å². The van der Waals surface area contributed by atoms with Crippen LogP contribution in [-0.2, 0) is 4.79 Å². The Hall–Kier alpha value is -2.69. The molecule has 0 fully saturated rings. The van der Waals surface area contributed by atoms with Crippen molar-refractivity contribution in [2.75, 3.05) is 5.32 Å². The Morgan fingerprint density at radius 1 is 1.18 bits per heavy atom. The molecular weight excluding hydrogens is 281 g/mol. The topological polar surface area (TPSA) is 53.5 Å². The van der Waals surface area contributed by atoms with Crippen LogP contribution < -0.4 is 10.7 Å². The molecule has 5 heteroatoms. The molecular formula is C17H18FN3O. The molecule has 2 N–H and O–H groups in total. The Labute approximate surface area is 129 Å². The van der Waals surface area contributed by atoms with Crippen LogP contribution in [0.4, 0.5) is 10.1 Å². The van der Waals surface area contributed by atoms with Crippen molar-refractivity contribution in [3.05, 3.63) is 66.0 Å². The summed E-state index contributed by atoms with van der Waals surface area (Å²) < 4.78 is 12.8. The molecule has 0 aliphatic heterocycles. The van der Waals surface area contributed by atoms with Gasteiger partial charge in [0.2, 0.25) is 0 Å². The normalized spacial score (nSPS) is 12.1. The zero-order valence-corrected chi connectivity index (χ0v) is 12.3. The molecule has 0 unspecified atom stereocenters. The van der Waals surface area contributed by atoms with Crippen LogP contribution in [0.25, 0.3) is 0 Å². The lowest BCUT2D eigenvalue weighted by molar-refractivity contribution is -0.121. The van der Waals surface area contributed by atoms with E-state index in [0.717, 1.165) is 5.69 Å². The Bertz CT molecular complexity index is 626. The van der Waals surface area contributed by atoms with Gasteiger partial charge in [0, 0.05) is 5.69 Å². The first-order chi connectivity index (χ1) is 10.7. The standard InChI is InChI=1S/C17H18FN3O/c1-2-16(20-15-6-4-3-5-7-15)17(22)21-19-12-13-8-10-14(18)11-9-13/h3-12,16,20H,2H2,1H3,(H,21,22)/b19-12-/t16-/m0/s1. The van der Waals surface area contributed by atoms with Gasteiger partial charge in [-0.1, -0.05) is 37.3 Å². The summed E-state index contributed by atoms with van der Waals surface area (Å²) in [5.74, 6) is -0.524. The molecule has 0 aliphatic carbocycles. The molecule has 0 saturated carbocycles. The van der Waals surface area contributed by atoms with Gasteiger partial charge in [0.15, 0.2) is 0 Å². The number of rotatable bonds is 6. The lowest BCUT2D eigenvalue weighted by atomic mass is 10.2. The number of nitrogens with zero attached hydrogens (tertiary/aromatic N) is 1. The van der Waals surface area contributed by atoms with E-state index in [1.54, 1.807) is 12.1 Å². The summed E-state index contributed by atoms with van der Waals surface area (Å²) in [6, 6.07) is 15.0. The highest BCUT2D eigenvalue weighted by molar-refractivity contribution is 5.86. The Morgan fingerprint density at radius 3 is 2.50 bits per heavy atom. The third-order valence-electron chi connectivity index (χ3n) is 3.10. The van der Waals surface area contributed by atoms with Crippen LogP contribution in [0.15, 0.2) is 59.7 Å². The molecule has 2 aromatic carbocycles. The largest absolute Gasteiger partial charge is 0.374 e. The van der Waals surface area contributed by atoms with E-state index in [1.165, 1.54) is 18.3 Å². The number of benzene rings is 2. The summed E-state index contributed by atoms with van der Waals surface area (Å²) in [5, 5.41) is 7.04. The fraction of sp³-hybridized carbons (Fsp3) is 0.176. The van der Waals surface area contributed by atoms with Crippen molar-refractivity contribution < 1.29 is 9.18 Å². The van der Waals surface area contributed by atoms with E-state index < -0.39 is 0 Å². The molecule has 22 heavy (non-hydrogen) atoms. The minimum absolute atomic E-state index is 0.218.